The minimum atomic E-state index is -2.87. The molecule has 5 nitrogen and oxygen atoms in total. The van der Waals surface area contributed by atoms with Crippen LogP contribution in [0.1, 0.15) is 11.1 Å². The molecule has 2 aromatic carbocycles. The Hall–Kier alpha value is -3.09. The van der Waals surface area contributed by atoms with Gasteiger partial charge in [0.1, 0.15) is 18.1 Å². The van der Waals surface area contributed by atoms with Gasteiger partial charge in [0.15, 0.2) is 5.96 Å². The maximum atomic E-state index is 12.5. The number of alkyl halides is 2. The molecule has 0 bridgehead atoms. The van der Waals surface area contributed by atoms with Gasteiger partial charge in [-0.3, -0.25) is 4.99 Å². The summed E-state index contributed by atoms with van der Waals surface area (Å²) in [4.78, 5) is 4.15. The van der Waals surface area contributed by atoms with Gasteiger partial charge in [-0.1, -0.05) is 49.1 Å². The van der Waals surface area contributed by atoms with E-state index in [1.54, 1.807) is 31.3 Å². The van der Waals surface area contributed by atoms with Crippen molar-refractivity contribution in [3.8, 4) is 11.5 Å². The first-order chi connectivity index (χ1) is 13.1. The van der Waals surface area contributed by atoms with Crippen LogP contribution < -0.4 is 20.1 Å². The summed E-state index contributed by atoms with van der Waals surface area (Å²) in [5, 5.41) is 6.27. The van der Waals surface area contributed by atoms with E-state index in [9.17, 15) is 8.78 Å². The van der Waals surface area contributed by atoms with Crippen LogP contribution in [0.25, 0.3) is 0 Å². The third kappa shape index (κ3) is 6.62. The van der Waals surface area contributed by atoms with Crippen LogP contribution in [0.3, 0.4) is 0 Å². The first-order valence-corrected chi connectivity index (χ1v) is 8.43. The lowest BCUT2D eigenvalue weighted by Crippen LogP contribution is -2.36. The van der Waals surface area contributed by atoms with E-state index in [1.807, 2.05) is 24.3 Å². The van der Waals surface area contributed by atoms with Gasteiger partial charge in [-0.05, 0) is 12.1 Å². The Morgan fingerprint density at radius 3 is 2.15 bits per heavy atom. The van der Waals surface area contributed by atoms with Crippen molar-refractivity contribution in [1.29, 1.82) is 0 Å². The van der Waals surface area contributed by atoms with E-state index in [0.717, 1.165) is 11.3 Å². The summed E-state index contributed by atoms with van der Waals surface area (Å²) in [6.45, 7) is 1.98. The molecule has 0 aliphatic heterocycles. The topological polar surface area (TPSA) is 54.9 Å². The van der Waals surface area contributed by atoms with Crippen molar-refractivity contribution >= 4 is 5.96 Å². The molecular weight excluding hydrogens is 352 g/mol. The molecule has 27 heavy (non-hydrogen) atoms. The van der Waals surface area contributed by atoms with E-state index in [4.69, 9.17) is 4.74 Å². The summed E-state index contributed by atoms with van der Waals surface area (Å²) in [6, 6.07) is 14.3. The van der Waals surface area contributed by atoms with Crippen molar-refractivity contribution in [2.45, 2.75) is 19.7 Å². The van der Waals surface area contributed by atoms with E-state index in [0.29, 0.717) is 24.7 Å². The molecular formula is C20H23F2N3O2. The quantitative estimate of drug-likeness (QED) is 0.399. The van der Waals surface area contributed by atoms with Crippen LogP contribution in [0.5, 0.6) is 11.5 Å². The highest BCUT2D eigenvalue weighted by molar-refractivity contribution is 5.79. The van der Waals surface area contributed by atoms with Gasteiger partial charge >= 0.3 is 6.61 Å². The van der Waals surface area contributed by atoms with Crippen molar-refractivity contribution in [3.05, 3.63) is 72.3 Å². The lowest BCUT2D eigenvalue weighted by molar-refractivity contribution is -0.0504. The predicted molar refractivity (Wildman–Crippen MR) is 102 cm³/mol. The Bertz CT molecular complexity index is 766. The minimum Gasteiger partial charge on any atom is -0.489 e. The third-order valence-corrected chi connectivity index (χ3v) is 3.63. The second kappa shape index (κ2) is 10.8. The Balaban J connectivity index is 1.95. The van der Waals surface area contributed by atoms with Crippen LogP contribution in [-0.4, -0.2) is 26.2 Å². The lowest BCUT2D eigenvalue weighted by Gasteiger charge is -2.15. The van der Waals surface area contributed by atoms with Crippen LogP contribution in [0.2, 0.25) is 0 Å². The molecule has 144 valence electrons. The minimum absolute atomic E-state index is 0.138. The van der Waals surface area contributed by atoms with Gasteiger partial charge in [-0.2, -0.15) is 8.78 Å². The average molecular weight is 375 g/mol. The molecule has 0 aliphatic rings. The molecule has 0 saturated heterocycles. The second-order valence-corrected chi connectivity index (χ2v) is 5.47. The summed E-state index contributed by atoms with van der Waals surface area (Å²) in [6.07, 6.45) is 1.68. The summed E-state index contributed by atoms with van der Waals surface area (Å²) >= 11 is 0. The standard InChI is InChI=1S/C20H23F2N3O2/c1-3-12-26-17-10-6-4-8-15(17)13-24-20(23-2)25-14-16-9-5-7-11-18(16)27-19(21)22/h3-11,19H,1,12-14H2,2H3,(H2,23,24,25). The number of nitrogens with zero attached hydrogens (tertiary/aromatic N) is 1. The van der Waals surface area contributed by atoms with Crippen molar-refractivity contribution in [2.24, 2.45) is 4.99 Å². The molecule has 7 heteroatoms. The first-order valence-electron chi connectivity index (χ1n) is 8.43. The van der Waals surface area contributed by atoms with Crippen molar-refractivity contribution in [2.75, 3.05) is 13.7 Å². The van der Waals surface area contributed by atoms with Gasteiger partial charge < -0.3 is 20.1 Å². The fraction of sp³-hybridized carbons (Fsp3) is 0.250. The number of halogens is 2. The number of hydrogen-bond donors (Lipinski definition) is 2. The van der Waals surface area contributed by atoms with Gasteiger partial charge in [0.2, 0.25) is 0 Å². The van der Waals surface area contributed by atoms with Gasteiger partial charge in [-0.25, -0.2) is 0 Å². The molecule has 0 unspecified atom stereocenters. The molecule has 0 heterocycles. The first kappa shape index (κ1) is 20.2. The van der Waals surface area contributed by atoms with Crippen molar-refractivity contribution < 1.29 is 18.3 Å². The third-order valence-electron chi connectivity index (χ3n) is 3.63. The Labute approximate surface area is 157 Å². The Kier molecular flexibility index (Phi) is 8.09. The highest BCUT2D eigenvalue weighted by Crippen LogP contribution is 2.20. The van der Waals surface area contributed by atoms with Gasteiger partial charge in [0.05, 0.1) is 0 Å². The number of aliphatic imine (C=N–C) groups is 1. The summed E-state index contributed by atoms with van der Waals surface area (Å²) in [7, 11) is 1.64. The molecule has 0 aliphatic carbocycles. The zero-order chi connectivity index (χ0) is 19.5. The van der Waals surface area contributed by atoms with E-state index < -0.39 is 6.61 Å². The fourth-order valence-electron chi connectivity index (χ4n) is 2.38. The highest BCUT2D eigenvalue weighted by atomic mass is 19.3. The zero-order valence-corrected chi connectivity index (χ0v) is 15.1. The second-order valence-electron chi connectivity index (χ2n) is 5.47. The number of hydrogen-bond acceptors (Lipinski definition) is 3. The molecule has 0 atom stereocenters. The molecule has 0 spiro atoms. The van der Waals surface area contributed by atoms with E-state index >= 15 is 0 Å². The van der Waals surface area contributed by atoms with Gasteiger partial charge in [-0.15, -0.1) is 0 Å². The smallest absolute Gasteiger partial charge is 0.387 e. The maximum absolute atomic E-state index is 12.5. The highest BCUT2D eigenvalue weighted by Gasteiger charge is 2.10. The molecule has 0 saturated carbocycles. The number of para-hydroxylation sites is 2. The number of guanidine groups is 1. The van der Waals surface area contributed by atoms with Gasteiger partial charge in [0.25, 0.3) is 0 Å². The molecule has 0 radical (unpaired) electrons. The monoisotopic (exact) mass is 375 g/mol. The maximum Gasteiger partial charge on any atom is 0.387 e. The zero-order valence-electron chi connectivity index (χ0n) is 15.1. The molecule has 2 N–H and O–H groups in total. The summed E-state index contributed by atoms with van der Waals surface area (Å²) in [5.41, 5.74) is 1.57. The largest absolute Gasteiger partial charge is 0.489 e. The molecule has 0 fully saturated rings. The number of nitrogens with one attached hydrogen (secondary N) is 2. The van der Waals surface area contributed by atoms with Crippen LogP contribution >= 0.6 is 0 Å². The van der Waals surface area contributed by atoms with Crippen LogP contribution in [0.15, 0.2) is 66.2 Å². The van der Waals surface area contributed by atoms with Crippen molar-refractivity contribution in [1.82, 2.24) is 10.6 Å². The van der Waals surface area contributed by atoms with Crippen molar-refractivity contribution in [3.63, 3.8) is 0 Å². The summed E-state index contributed by atoms with van der Waals surface area (Å²) in [5.74, 6) is 1.43. The van der Waals surface area contributed by atoms with E-state index in [-0.39, 0.29) is 12.3 Å². The lowest BCUT2D eigenvalue weighted by atomic mass is 10.2. The van der Waals surface area contributed by atoms with Gasteiger partial charge in [0, 0.05) is 31.3 Å². The Morgan fingerprint density at radius 1 is 1.04 bits per heavy atom. The van der Waals surface area contributed by atoms with E-state index in [2.05, 4.69) is 26.9 Å². The van der Waals surface area contributed by atoms with Crippen LogP contribution in [0, 0.1) is 0 Å². The number of ether oxygens (including phenoxy) is 2. The van der Waals surface area contributed by atoms with E-state index in [1.165, 1.54) is 6.07 Å². The Morgan fingerprint density at radius 2 is 1.59 bits per heavy atom. The molecule has 0 aromatic heterocycles. The fourth-order valence-corrected chi connectivity index (χ4v) is 2.38. The normalized spacial score (nSPS) is 11.2. The SMILES string of the molecule is C=CCOc1ccccc1CNC(=NC)NCc1ccccc1OC(F)F. The van der Waals surface area contributed by atoms with Crippen LogP contribution in [0.4, 0.5) is 8.78 Å². The molecule has 0 amide bonds. The number of benzene rings is 2. The predicted octanol–water partition coefficient (Wildman–Crippen LogP) is 3.72. The number of rotatable bonds is 9. The summed E-state index contributed by atoms with van der Waals surface area (Å²) < 4.78 is 35.2. The average Bonchev–Trinajstić information content (AvgIpc) is 2.68. The van der Waals surface area contributed by atoms with Crippen LogP contribution in [-0.2, 0) is 13.1 Å². The molecule has 2 rings (SSSR count). The molecule has 2 aromatic rings.